The van der Waals surface area contributed by atoms with E-state index in [2.05, 4.69) is 10.2 Å². The lowest BCUT2D eigenvalue weighted by Crippen LogP contribution is -2.49. The van der Waals surface area contributed by atoms with Crippen LogP contribution in [0.5, 0.6) is 0 Å². The molecule has 1 saturated heterocycles. The van der Waals surface area contributed by atoms with Gasteiger partial charge in [-0.05, 0) is 24.3 Å². The van der Waals surface area contributed by atoms with E-state index in [1.807, 2.05) is 18.2 Å². The van der Waals surface area contributed by atoms with Crippen LogP contribution in [0.25, 0.3) is 0 Å². The number of rotatable bonds is 3. The third kappa shape index (κ3) is 4.36. The second-order valence-electron chi connectivity index (χ2n) is 6.25. The Bertz CT molecular complexity index is 883. The molecule has 1 aliphatic heterocycles. The van der Waals surface area contributed by atoms with Crippen LogP contribution >= 0.6 is 11.6 Å². The van der Waals surface area contributed by atoms with Gasteiger partial charge in [0.05, 0.1) is 11.3 Å². The van der Waals surface area contributed by atoms with E-state index in [0.29, 0.717) is 37.3 Å². The number of carbonyl (C=O) groups excluding carboxylic acids is 2. The van der Waals surface area contributed by atoms with Crippen molar-refractivity contribution in [3.63, 3.8) is 0 Å². The number of benzene rings is 2. The van der Waals surface area contributed by atoms with Gasteiger partial charge in [0.1, 0.15) is 11.6 Å². The number of nitrogens with zero attached hydrogens (tertiary/aromatic N) is 2. The van der Waals surface area contributed by atoms with Crippen molar-refractivity contribution in [1.82, 2.24) is 4.90 Å². The van der Waals surface area contributed by atoms with Gasteiger partial charge in [-0.1, -0.05) is 17.7 Å². The Morgan fingerprint density at radius 2 is 1.74 bits per heavy atom. The zero-order valence-electron chi connectivity index (χ0n) is 14.6. The Hall–Kier alpha value is -2.67. The third-order valence-electron chi connectivity index (χ3n) is 4.34. The summed E-state index contributed by atoms with van der Waals surface area (Å²) in [4.78, 5) is 27.4. The first-order chi connectivity index (χ1) is 12.8. The van der Waals surface area contributed by atoms with Crippen LogP contribution in [0.2, 0.25) is 5.02 Å². The first-order valence-electron chi connectivity index (χ1n) is 8.41. The highest BCUT2D eigenvalue weighted by Crippen LogP contribution is 2.24. The summed E-state index contributed by atoms with van der Waals surface area (Å²) in [7, 11) is 0. The molecular weight excluding hydrogens is 376 g/mol. The molecule has 0 radical (unpaired) electrons. The molecule has 1 N–H and O–H groups in total. The average molecular weight is 394 g/mol. The maximum absolute atomic E-state index is 14.1. The predicted octanol–water partition coefficient (Wildman–Crippen LogP) is 3.54. The topological polar surface area (TPSA) is 52.7 Å². The Kier molecular flexibility index (Phi) is 5.60. The summed E-state index contributed by atoms with van der Waals surface area (Å²) in [6, 6.07) is 9.07. The number of piperazine rings is 1. The van der Waals surface area contributed by atoms with E-state index in [-0.39, 0.29) is 11.3 Å². The number of halogens is 3. The van der Waals surface area contributed by atoms with Crippen molar-refractivity contribution in [1.29, 1.82) is 0 Å². The summed E-state index contributed by atoms with van der Waals surface area (Å²) in [5.41, 5.74) is 0.469. The second-order valence-corrected chi connectivity index (χ2v) is 6.69. The number of anilines is 2. The highest BCUT2D eigenvalue weighted by Gasteiger charge is 2.25. The number of hydrogen-bond acceptors (Lipinski definition) is 3. The van der Waals surface area contributed by atoms with Crippen molar-refractivity contribution < 1.29 is 18.4 Å². The fourth-order valence-corrected chi connectivity index (χ4v) is 3.19. The molecule has 1 fully saturated rings. The molecule has 0 aromatic heterocycles. The Morgan fingerprint density at radius 3 is 2.37 bits per heavy atom. The molecule has 2 aromatic rings. The number of amides is 2. The van der Waals surface area contributed by atoms with Crippen LogP contribution in [0.1, 0.15) is 17.3 Å². The standard InChI is InChI=1S/C19H18ClF2N3O2/c1-12(26)23-18-10-15(16(21)11-17(18)22)19(27)25-7-5-24(6-8-25)14-4-2-3-13(20)9-14/h2-4,9-11H,5-8H2,1H3,(H,23,26). The summed E-state index contributed by atoms with van der Waals surface area (Å²) in [6.07, 6.45) is 0. The first-order valence-corrected chi connectivity index (χ1v) is 8.79. The van der Waals surface area contributed by atoms with Gasteiger partial charge in [-0.25, -0.2) is 8.78 Å². The molecule has 0 saturated carbocycles. The quantitative estimate of drug-likeness (QED) is 0.867. The molecule has 0 bridgehead atoms. The van der Waals surface area contributed by atoms with Crippen LogP contribution in [0.4, 0.5) is 20.2 Å². The highest BCUT2D eigenvalue weighted by atomic mass is 35.5. The number of hydrogen-bond donors (Lipinski definition) is 1. The molecule has 1 aliphatic rings. The first kappa shape index (κ1) is 19.1. The molecular formula is C19H18ClF2N3O2. The minimum Gasteiger partial charge on any atom is -0.368 e. The van der Waals surface area contributed by atoms with Gasteiger partial charge in [-0.3, -0.25) is 9.59 Å². The minimum atomic E-state index is -0.955. The smallest absolute Gasteiger partial charge is 0.257 e. The summed E-state index contributed by atoms with van der Waals surface area (Å²) in [5, 5.41) is 2.89. The lowest BCUT2D eigenvalue weighted by atomic mass is 10.1. The Labute approximate surface area is 160 Å². The van der Waals surface area contributed by atoms with E-state index in [9.17, 15) is 18.4 Å². The molecule has 0 spiro atoms. The van der Waals surface area contributed by atoms with E-state index in [0.717, 1.165) is 11.8 Å². The highest BCUT2D eigenvalue weighted by molar-refractivity contribution is 6.30. The summed E-state index contributed by atoms with van der Waals surface area (Å²) in [6.45, 7) is 3.11. The molecule has 8 heteroatoms. The predicted molar refractivity (Wildman–Crippen MR) is 100 cm³/mol. The van der Waals surface area contributed by atoms with Crippen LogP contribution < -0.4 is 10.2 Å². The van der Waals surface area contributed by atoms with Crippen molar-refractivity contribution in [3.05, 3.63) is 58.6 Å². The largest absolute Gasteiger partial charge is 0.368 e. The molecule has 2 amide bonds. The molecule has 1 heterocycles. The average Bonchev–Trinajstić information content (AvgIpc) is 2.63. The minimum absolute atomic E-state index is 0.218. The van der Waals surface area contributed by atoms with E-state index in [4.69, 9.17) is 11.6 Å². The summed E-state index contributed by atoms with van der Waals surface area (Å²) >= 11 is 6.01. The summed E-state index contributed by atoms with van der Waals surface area (Å²) in [5.74, 6) is -2.92. The fourth-order valence-electron chi connectivity index (χ4n) is 3.01. The van der Waals surface area contributed by atoms with Gasteiger partial charge in [0.15, 0.2) is 0 Å². The van der Waals surface area contributed by atoms with Gasteiger partial charge in [0.25, 0.3) is 5.91 Å². The summed E-state index contributed by atoms with van der Waals surface area (Å²) < 4.78 is 27.9. The van der Waals surface area contributed by atoms with Gasteiger partial charge >= 0.3 is 0 Å². The molecule has 2 aromatic carbocycles. The number of nitrogens with one attached hydrogen (secondary N) is 1. The number of carbonyl (C=O) groups is 2. The normalized spacial score (nSPS) is 14.2. The van der Waals surface area contributed by atoms with Crippen molar-refractivity contribution in [2.45, 2.75) is 6.92 Å². The van der Waals surface area contributed by atoms with Crippen LogP contribution in [0, 0.1) is 11.6 Å². The Balaban J connectivity index is 1.73. The molecule has 3 rings (SSSR count). The molecule has 0 unspecified atom stereocenters. The van der Waals surface area contributed by atoms with Crippen LogP contribution in [-0.4, -0.2) is 42.9 Å². The maximum Gasteiger partial charge on any atom is 0.257 e. The van der Waals surface area contributed by atoms with E-state index in [1.54, 1.807) is 6.07 Å². The SMILES string of the molecule is CC(=O)Nc1cc(C(=O)N2CCN(c3cccc(Cl)c3)CC2)c(F)cc1F. The van der Waals surface area contributed by atoms with Crippen molar-refractivity contribution >= 4 is 34.8 Å². The van der Waals surface area contributed by atoms with Crippen LogP contribution in [0.3, 0.4) is 0 Å². The van der Waals surface area contributed by atoms with Crippen LogP contribution in [0.15, 0.2) is 36.4 Å². The zero-order chi connectivity index (χ0) is 19.6. The molecule has 0 aliphatic carbocycles. The molecule has 0 atom stereocenters. The fraction of sp³-hybridized carbons (Fsp3) is 0.263. The van der Waals surface area contributed by atoms with E-state index in [1.165, 1.54) is 11.8 Å². The lowest BCUT2D eigenvalue weighted by molar-refractivity contribution is -0.114. The molecule has 27 heavy (non-hydrogen) atoms. The lowest BCUT2D eigenvalue weighted by Gasteiger charge is -2.36. The Morgan fingerprint density at radius 1 is 1.04 bits per heavy atom. The third-order valence-corrected chi connectivity index (χ3v) is 4.57. The van der Waals surface area contributed by atoms with E-state index >= 15 is 0 Å². The zero-order valence-corrected chi connectivity index (χ0v) is 15.4. The molecule has 5 nitrogen and oxygen atoms in total. The van der Waals surface area contributed by atoms with Crippen LogP contribution in [-0.2, 0) is 4.79 Å². The van der Waals surface area contributed by atoms with Crippen molar-refractivity contribution in [2.24, 2.45) is 0 Å². The van der Waals surface area contributed by atoms with Gasteiger partial charge in [-0.15, -0.1) is 0 Å². The van der Waals surface area contributed by atoms with Gasteiger partial charge in [0, 0.05) is 49.9 Å². The van der Waals surface area contributed by atoms with E-state index < -0.39 is 23.4 Å². The molecule has 142 valence electrons. The van der Waals surface area contributed by atoms with Gasteiger partial charge in [-0.2, -0.15) is 0 Å². The van der Waals surface area contributed by atoms with Crippen molar-refractivity contribution in [3.8, 4) is 0 Å². The monoisotopic (exact) mass is 393 g/mol. The van der Waals surface area contributed by atoms with Gasteiger partial charge < -0.3 is 15.1 Å². The van der Waals surface area contributed by atoms with Crippen molar-refractivity contribution in [2.75, 3.05) is 36.4 Å². The second kappa shape index (κ2) is 7.92. The van der Waals surface area contributed by atoms with Gasteiger partial charge in [0.2, 0.25) is 5.91 Å². The maximum atomic E-state index is 14.1.